The zero-order chi connectivity index (χ0) is 26.4. The van der Waals surface area contributed by atoms with Crippen molar-refractivity contribution < 1.29 is 23.1 Å². The lowest BCUT2D eigenvalue weighted by Gasteiger charge is -2.43. The van der Waals surface area contributed by atoms with Gasteiger partial charge < -0.3 is 19.5 Å². The fourth-order valence-electron chi connectivity index (χ4n) is 5.94. The Morgan fingerprint density at radius 1 is 1.16 bits per heavy atom. The lowest BCUT2D eigenvalue weighted by molar-refractivity contribution is -0.0308. The number of hydrogen-bond acceptors (Lipinski definition) is 5. The molecule has 6 rings (SSSR count). The van der Waals surface area contributed by atoms with Crippen LogP contribution in [0.4, 0.5) is 24.2 Å². The number of amides is 3. The number of carbonyl (C=O) groups is 2. The fraction of sp³-hybridized carbons (Fsp3) is 0.407. The van der Waals surface area contributed by atoms with E-state index in [1.165, 1.54) is 6.07 Å². The Balaban J connectivity index is 1.17. The summed E-state index contributed by atoms with van der Waals surface area (Å²) in [6.07, 6.45) is 4.80. The van der Waals surface area contributed by atoms with E-state index in [1.54, 1.807) is 29.4 Å². The topological polar surface area (TPSA) is 101 Å². The van der Waals surface area contributed by atoms with Gasteiger partial charge in [0.2, 0.25) is 0 Å². The van der Waals surface area contributed by atoms with Crippen molar-refractivity contribution in [3.63, 3.8) is 0 Å². The lowest BCUT2D eigenvalue weighted by Crippen LogP contribution is -2.52. The van der Waals surface area contributed by atoms with Crippen molar-refractivity contribution in [2.24, 2.45) is 0 Å². The van der Waals surface area contributed by atoms with Crippen LogP contribution < -0.4 is 10.6 Å². The number of halogens is 2. The van der Waals surface area contributed by atoms with Crippen LogP contribution in [0.5, 0.6) is 0 Å². The molecule has 198 valence electrons. The number of rotatable bonds is 2. The van der Waals surface area contributed by atoms with E-state index in [-0.39, 0.29) is 18.0 Å². The molecule has 5 heterocycles. The summed E-state index contributed by atoms with van der Waals surface area (Å²) in [5.74, 6) is -0.739. The number of aryl methyl sites for hydroxylation is 1. The zero-order valence-corrected chi connectivity index (χ0v) is 20.9. The van der Waals surface area contributed by atoms with Gasteiger partial charge in [-0.3, -0.25) is 5.32 Å². The molecule has 0 bridgehead atoms. The van der Waals surface area contributed by atoms with Crippen molar-refractivity contribution in [1.29, 1.82) is 0 Å². The lowest BCUT2D eigenvalue weighted by atomic mass is 9.83. The second kappa shape index (κ2) is 9.38. The van der Waals surface area contributed by atoms with Gasteiger partial charge in [-0.15, -0.1) is 0 Å². The molecule has 3 amide bonds. The first kappa shape index (κ1) is 24.3. The molecule has 0 saturated carbocycles. The first-order chi connectivity index (χ1) is 18.3. The van der Waals surface area contributed by atoms with Gasteiger partial charge in [0.25, 0.3) is 0 Å². The van der Waals surface area contributed by atoms with E-state index in [2.05, 4.69) is 20.6 Å². The van der Waals surface area contributed by atoms with Gasteiger partial charge in [0.05, 0.1) is 6.04 Å². The number of anilines is 1. The molecule has 1 fully saturated rings. The Morgan fingerprint density at radius 3 is 2.79 bits per heavy atom. The Bertz CT molecular complexity index is 1400. The third-order valence-corrected chi connectivity index (χ3v) is 7.99. The van der Waals surface area contributed by atoms with Crippen LogP contribution in [0.3, 0.4) is 0 Å². The highest BCUT2D eigenvalue weighted by molar-refractivity contribution is 5.87. The van der Waals surface area contributed by atoms with Crippen LogP contribution in [-0.2, 0) is 16.9 Å². The first-order valence-electron chi connectivity index (χ1n) is 12.8. The van der Waals surface area contributed by atoms with Gasteiger partial charge in [-0.25, -0.2) is 28.3 Å². The van der Waals surface area contributed by atoms with Gasteiger partial charge in [-0.05, 0) is 43.5 Å². The number of likely N-dealkylation sites (tertiary alicyclic amines) is 1. The Kier molecular flexibility index (Phi) is 6.00. The summed E-state index contributed by atoms with van der Waals surface area (Å²) in [6, 6.07) is 7.35. The van der Waals surface area contributed by atoms with Gasteiger partial charge in [-0.2, -0.15) is 0 Å². The third-order valence-electron chi connectivity index (χ3n) is 7.99. The van der Waals surface area contributed by atoms with E-state index in [1.807, 2.05) is 17.6 Å². The summed E-state index contributed by atoms with van der Waals surface area (Å²) in [7, 11) is 0. The predicted octanol–water partition coefficient (Wildman–Crippen LogP) is 4.75. The number of imidazole rings is 1. The first-order valence-corrected chi connectivity index (χ1v) is 12.8. The standard InChI is InChI=1S/C27H28F2N6O3/c1-16-14-31-24-21(8-7-17(15-35(16)24)18-4-2-6-20(28)22(18)29)32-25(36)34-12-9-27(10-13-34)19-5-3-11-30-23(19)33-26(37)38-27/h2-6,11,14,17,21H,7-10,12-13,15H2,1H3,(H,32,36)(H,30,33,37)/t17-,21-/m1/s1. The SMILES string of the molecule is Cc1cnc2n1C[C@H](c1cccc(F)c1F)CC[C@H]2NC(=O)N1CCC2(CC1)OC(=O)Nc1ncccc12. The van der Waals surface area contributed by atoms with Crippen LogP contribution in [0.25, 0.3) is 0 Å². The molecule has 3 aromatic rings. The maximum atomic E-state index is 14.6. The smallest absolute Gasteiger partial charge is 0.413 e. The van der Waals surface area contributed by atoms with Crippen molar-refractivity contribution >= 4 is 17.9 Å². The molecule has 9 nitrogen and oxygen atoms in total. The number of nitrogens with zero attached hydrogens (tertiary/aromatic N) is 4. The van der Waals surface area contributed by atoms with E-state index in [0.29, 0.717) is 62.5 Å². The van der Waals surface area contributed by atoms with Crippen molar-refractivity contribution in [2.75, 3.05) is 18.4 Å². The summed E-state index contributed by atoms with van der Waals surface area (Å²) in [5.41, 5.74) is 1.23. The average Bonchev–Trinajstić information content (AvgIpc) is 3.17. The highest BCUT2D eigenvalue weighted by Gasteiger charge is 2.46. The van der Waals surface area contributed by atoms with Crippen LogP contribution in [-0.4, -0.2) is 44.6 Å². The van der Waals surface area contributed by atoms with E-state index in [4.69, 9.17) is 4.74 Å². The molecule has 0 unspecified atom stereocenters. The van der Waals surface area contributed by atoms with Crippen molar-refractivity contribution in [1.82, 2.24) is 24.8 Å². The van der Waals surface area contributed by atoms with E-state index < -0.39 is 23.3 Å². The number of benzene rings is 1. The highest BCUT2D eigenvalue weighted by Crippen LogP contribution is 2.43. The van der Waals surface area contributed by atoms with Gasteiger partial charge in [-0.1, -0.05) is 12.1 Å². The predicted molar refractivity (Wildman–Crippen MR) is 133 cm³/mol. The van der Waals surface area contributed by atoms with Gasteiger partial charge in [0, 0.05) is 62.0 Å². The van der Waals surface area contributed by atoms with Crippen LogP contribution in [0, 0.1) is 18.6 Å². The number of pyridine rings is 1. The number of aromatic nitrogens is 3. The molecule has 2 aromatic heterocycles. The maximum absolute atomic E-state index is 14.6. The van der Waals surface area contributed by atoms with Gasteiger partial charge >= 0.3 is 12.1 Å². The van der Waals surface area contributed by atoms with Crippen LogP contribution in [0.1, 0.15) is 60.3 Å². The normalized spacial score (nSPS) is 22.1. The molecule has 38 heavy (non-hydrogen) atoms. The van der Waals surface area contributed by atoms with E-state index in [9.17, 15) is 18.4 Å². The number of piperidine rings is 1. The molecular weight excluding hydrogens is 494 g/mol. The van der Waals surface area contributed by atoms with Crippen molar-refractivity contribution in [3.05, 3.63) is 77.0 Å². The molecule has 0 radical (unpaired) electrons. The second-order valence-corrected chi connectivity index (χ2v) is 10.2. The largest absolute Gasteiger partial charge is 0.437 e. The van der Waals surface area contributed by atoms with Crippen molar-refractivity contribution in [3.8, 4) is 0 Å². The summed E-state index contributed by atoms with van der Waals surface area (Å²) in [4.78, 5) is 36.1. The second-order valence-electron chi connectivity index (χ2n) is 10.2. The van der Waals surface area contributed by atoms with E-state index in [0.717, 1.165) is 17.3 Å². The number of ether oxygens (including phenoxy) is 1. The molecule has 1 spiro atoms. The summed E-state index contributed by atoms with van der Waals surface area (Å²) in [6.45, 7) is 3.15. The minimum absolute atomic E-state index is 0.237. The Morgan fingerprint density at radius 2 is 1.97 bits per heavy atom. The zero-order valence-electron chi connectivity index (χ0n) is 20.9. The number of fused-ring (bicyclic) bond motifs is 3. The molecule has 1 saturated heterocycles. The number of hydrogen-bond donors (Lipinski definition) is 2. The number of urea groups is 1. The molecule has 3 aliphatic heterocycles. The minimum atomic E-state index is -0.861. The molecule has 3 aliphatic rings. The molecule has 11 heteroatoms. The van der Waals surface area contributed by atoms with Crippen LogP contribution in [0.15, 0.2) is 42.7 Å². The van der Waals surface area contributed by atoms with Gasteiger partial charge in [0.1, 0.15) is 17.2 Å². The summed E-state index contributed by atoms with van der Waals surface area (Å²) < 4.78 is 36.3. The van der Waals surface area contributed by atoms with Gasteiger partial charge in [0.15, 0.2) is 11.6 Å². The summed E-state index contributed by atoms with van der Waals surface area (Å²) >= 11 is 0. The quantitative estimate of drug-likeness (QED) is 0.506. The van der Waals surface area contributed by atoms with Crippen LogP contribution in [0.2, 0.25) is 0 Å². The Hall–Kier alpha value is -4.02. The molecule has 2 N–H and O–H groups in total. The highest BCUT2D eigenvalue weighted by atomic mass is 19.2. The van der Waals surface area contributed by atoms with Crippen LogP contribution >= 0.6 is 0 Å². The number of nitrogens with one attached hydrogen (secondary N) is 2. The van der Waals surface area contributed by atoms with E-state index >= 15 is 0 Å². The van der Waals surface area contributed by atoms with Crippen molar-refractivity contribution in [2.45, 2.75) is 56.7 Å². The molecular formula is C27H28F2N6O3. The average molecular weight is 523 g/mol. The Labute approximate surface area is 218 Å². The fourth-order valence-corrected chi connectivity index (χ4v) is 5.94. The summed E-state index contributed by atoms with van der Waals surface area (Å²) in [5, 5.41) is 5.76. The molecule has 2 atom stereocenters. The maximum Gasteiger partial charge on any atom is 0.413 e. The number of carbonyl (C=O) groups excluding carboxylic acids is 2. The minimum Gasteiger partial charge on any atom is -0.437 e. The molecule has 1 aromatic carbocycles. The monoisotopic (exact) mass is 522 g/mol. The third kappa shape index (κ3) is 4.15. The molecule has 0 aliphatic carbocycles.